The molecule has 1 aliphatic heterocycles. The molecule has 24 heavy (non-hydrogen) atoms. The smallest absolute Gasteiger partial charge is 0.232 e. The standard InChI is InChI=1S/C17H21N5OS/c1-23-15-9-4-3-8-14(15)22-16(21-11-5-2-6-12-21)19-20-17(22)24-13-7-10-18/h3-4,8-9H,2,5-7,11-13H2,1H3. The Balaban J connectivity index is 2.01. The number of piperidine rings is 1. The number of benzene rings is 1. The number of para-hydroxylation sites is 2. The van der Waals surface area contributed by atoms with E-state index in [4.69, 9.17) is 10.00 Å². The van der Waals surface area contributed by atoms with E-state index in [1.807, 2.05) is 24.3 Å². The zero-order valence-corrected chi connectivity index (χ0v) is 14.6. The highest BCUT2D eigenvalue weighted by molar-refractivity contribution is 7.99. The minimum Gasteiger partial charge on any atom is -0.495 e. The number of methoxy groups -OCH3 is 1. The summed E-state index contributed by atoms with van der Waals surface area (Å²) >= 11 is 1.56. The maximum absolute atomic E-state index is 8.79. The summed E-state index contributed by atoms with van der Waals surface area (Å²) < 4.78 is 7.60. The lowest BCUT2D eigenvalue weighted by Crippen LogP contribution is -2.31. The minimum absolute atomic E-state index is 0.489. The van der Waals surface area contributed by atoms with Gasteiger partial charge >= 0.3 is 0 Å². The van der Waals surface area contributed by atoms with Gasteiger partial charge in [0.2, 0.25) is 5.95 Å². The van der Waals surface area contributed by atoms with Crippen molar-refractivity contribution in [1.29, 1.82) is 5.26 Å². The molecule has 0 spiro atoms. The first-order chi connectivity index (χ1) is 11.8. The second kappa shape index (κ2) is 8.06. The Bertz CT molecular complexity index is 718. The predicted octanol–water partition coefficient (Wildman–Crippen LogP) is 3.27. The summed E-state index contributed by atoms with van der Waals surface area (Å²) in [6.45, 7) is 1.99. The molecule has 0 amide bonds. The maximum atomic E-state index is 8.79. The zero-order chi connectivity index (χ0) is 16.8. The number of anilines is 1. The van der Waals surface area contributed by atoms with Crippen LogP contribution in [-0.2, 0) is 0 Å². The fourth-order valence-electron chi connectivity index (χ4n) is 2.87. The van der Waals surface area contributed by atoms with E-state index in [1.165, 1.54) is 19.3 Å². The molecular weight excluding hydrogens is 322 g/mol. The number of aromatic nitrogens is 3. The van der Waals surface area contributed by atoms with Crippen LogP contribution in [0.25, 0.3) is 5.69 Å². The molecule has 2 heterocycles. The first kappa shape index (κ1) is 16.7. The largest absolute Gasteiger partial charge is 0.495 e. The Morgan fingerprint density at radius 2 is 2.00 bits per heavy atom. The summed E-state index contributed by atoms with van der Waals surface area (Å²) in [7, 11) is 1.67. The summed E-state index contributed by atoms with van der Waals surface area (Å²) in [5, 5.41) is 18.4. The van der Waals surface area contributed by atoms with Crippen LogP contribution in [0.3, 0.4) is 0 Å². The average Bonchev–Trinajstić information content (AvgIpc) is 3.06. The molecule has 0 aliphatic carbocycles. The van der Waals surface area contributed by atoms with Crippen molar-refractivity contribution in [1.82, 2.24) is 14.8 Å². The van der Waals surface area contributed by atoms with E-state index in [2.05, 4.69) is 25.7 Å². The van der Waals surface area contributed by atoms with Crippen LogP contribution in [0.4, 0.5) is 5.95 Å². The minimum atomic E-state index is 0.489. The molecule has 1 fully saturated rings. The van der Waals surface area contributed by atoms with Gasteiger partial charge in [0.1, 0.15) is 5.75 Å². The van der Waals surface area contributed by atoms with Crippen LogP contribution in [0, 0.1) is 11.3 Å². The third kappa shape index (κ3) is 3.49. The van der Waals surface area contributed by atoms with E-state index in [9.17, 15) is 0 Å². The second-order valence-corrected chi connectivity index (χ2v) is 6.66. The van der Waals surface area contributed by atoms with Gasteiger partial charge in [0.25, 0.3) is 0 Å². The molecule has 1 aromatic heterocycles. The molecule has 0 unspecified atom stereocenters. The Morgan fingerprint density at radius 3 is 2.75 bits per heavy atom. The quantitative estimate of drug-likeness (QED) is 0.592. The number of nitriles is 1. The monoisotopic (exact) mass is 343 g/mol. The zero-order valence-electron chi connectivity index (χ0n) is 13.8. The van der Waals surface area contributed by atoms with Gasteiger partial charge in [0.15, 0.2) is 5.16 Å². The molecule has 0 bridgehead atoms. The third-order valence-electron chi connectivity index (χ3n) is 4.03. The molecule has 1 saturated heterocycles. The molecule has 3 rings (SSSR count). The summed E-state index contributed by atoms with van der Waals surface area (Å²) in [4.78, 5) is 2.29. The van der Waals surface area contributed by atoms with Crippen molar-refractivity contribution in [2.24, 2.45) is 0 Å². The van der Waals surface area contributed by atoms with Crippen molar-refractivity contribution in [3.05, 3.63) is 24.3 Å². The van der Waals surface area contributed by atoms with E-state index in [0.717, 1.165) is 35.6 Å². The number of rotatable bonds is 6. The van der Waals surface area contributed by atoms with Crippen LogP contribution < -0.4 is 9.64 Å². The maximum Gasteiger partial charge on any atom is 0.232 e. The fourth-order valence-corrected chi connectivity index (χ4v) is 3.65. The first-order valence-electron chi connectivity index (χ1n) is 8.18. The third-order valence-corrected chi connectivity index (χ3v) is 4.96. The van der Waals surface area contributed by atoms with Crippen LogP contribution in [-0.4, -0.2) is 40.7 Å². The van der Waals surface area contributed by atoms with Gasteiger partial charge in [0.05, 0.1) is 18.9 Å². The van der Waals surface area contributed by atoms with Gasteiger partial charge in [-0.25, -0.2) is 0 Å². The normalized spacial score (nSPS) is 14.4. The van der Waals surface area contributed by atoms with Gasteiger partial charge in [-0.1, -0.05) is 23.9 Å². The molecule has 126 valence electrons. The van der Waals surface area contributed by atoms with E-state index < -0.39 is 0 Å². The summed E-state index contributed by atoms with van der Waals surface area (Å²) in [6.07, 6.45) is 4.11. The number of nitrogens with zero attached hydrogens (tertiary/aromatic N) is 5. The van der Waals surface area contributed by atoms with Crippen molar-refractivity contribution in [2.45, 2.75) is 30.8 Å². The first-order valence-corrected chi connectivity index (χ1v) is 9.17. The van der Waals surface area contributed by atoms with Crippen molar-refractivity contribution >= 4 is 17.7 Å². The van der Waals surface area contributed by atoms with Crippen LogP contribution in [0.15, 0.2) is 29.4 Å². The van der Waals surface area contributed by atoms with E-state index >= 15 is 0 Å². The van der Waals surface area contributed by atoms with Crippen LogP contribution in [0.2, 0.25) is 0 Å². The molecule has 1 aliphatic rings. The number of hydrogen-bond acceptors (Lipinski definition) is 6. The average molecular weight is 343 g/mol. The van der Waals surface area contributed by atoms with Crippen molar-refractivity contribution in [3.8, 4) is 17.5 Å². The topological polar surface area (TPSA) is 67.0 Å². The lowest BCUT2D eigenvalue weighted by atomic mass is 10.1. The van der Waals surface area contributed by atoms with E-state index in [0.29, 0.717) is 12.2 Å². The van der Waals surface area contributed by atoms with Crippen LogP contribution in [0.5, 0.6) is 5.75 Å². The molecule has 0 atom stereocenters. The molecule has 6 nitrogen and oxygen atoms in total. The molecule has 2 aromatic rings. The van der Waals surface area contributed by atoms with Gasteiger partial charge in [-0.3, -0.25) is 4.57 Å². The summed E-state index contributed by atoms with van der Waals surface area (Å²) in [5.41, 5.74) is 0.935. The summed E-state index contributed by atoms with van der Waals surface area (Å²) in [5.74, 6) is 2.35. The van der Waals surface area contributed by atoms with Gasteiger partial charge in [-0.15, -0.1) is 10.2 Å². The van der Waals surface area contributed by atoms with E-state index in [1.54, 1.807) is 18.9 Å². The van der Waals surface area contributed by atoms with Gasteiger partial charge < -0.3 is 9.64 Å². The molecular formula is C17H21N5OS. The van der Waals surface area contributed by atoms with Crippen molar-refractivity contribution in [2.75, 3.05) is 30.9 Å². The Morgan fingerprint density at radius 1 is 1.21 bits per heavy atom. The predicted molar refractivity (Wildman–Crippen MR) is 94.9 cm³/mol. The highest BCUT2D eigenvalue weighted by atomic mass is 32.2. The van der Waals surface area contributed by atoms with Crippen molar-refractivity contribution < 1.29 is 4.74 Å². The SMILES string of the molecule is COc1ccccc1-n1c(SCCC#N)nnc1N1CCCCC1. The lowest BCUT2D eigenvalue weighted by Gasteiger charge is -2.28. The Kier molecular flexibility index (Phi) is 5.59. The van der Waals surface area contributed by atoms with E-state index in [-0.39, 0.29) is 0 Å². The van der Waals surface area contributed by atoms with Gasteiger partial charge in [-0.05, 0) is 31.4 Å². The van der Waals surface area contributed by atoms with Crippen LogP contribution >= 0.6 is 11.8 Å². The fraction of sp³-hybridized carbons (Fsp3) is 0.471. The number of ether oxygens (including phenoxy) is 1. The molecule has 7 heteroatoms. The molecule has 1 aromatic carbocycles. The number of hydrogen-bond donors (Lipinski definition) is 0. The van der Waals surface area contributed by atoms with Gasteiger partial charge in [-0.2, -0.15) is 5.26 Å². The molecule has 0 saturated carbocycles. The summed E-state index contributed by atoms with van der Waals surface area (Å²) in [6, 6.07) is 10.1. The number of thioether (sulfide) groups is 1. The van der Waals surface area contributed by atoms with Crippen molar-refractivity contribution in [3.63, 3.8) is 0 Å². The molecule has 0 radical (unpaired) electrons. The molecule has 0 N–H and O–H groups in total. The Hall–Kier alpha value is -2.20. The van der Waals surface area contributed by atoms with Crippen LogP contribution in [0.1, 0.15) is 25.7 Å². The highest BCUT2D eigenvalue weighted by Crippen LogP contribution is 2.32. The second-order valence-electron chi connectivity index (χ2n) is 5.59. The van der Waals surface area contributed by atoms with Gasteiger partial charge in [0, 0.05) is 25.3 Å². The Labute approximate surface area is 146 Å². The lowest BCUT2D eigenvalue weighted by molar-refractivity contribution is 0.412. The highest BCUT2D eigenvalue weighted by Gasteiger charge is 2.23.